The van der Waals surface area contributed by atoms with Crippen molar-refractivity contribution in [3.05, 3.63) is 47.5 Å². The normalized spacial score (nSPS) is 24.7. The van der Waals surface area contributed by atoms with Crippen LogP contribution in [0.15, 0.2) is 36.4 Å². The Morgan fingerprint density at radius 2 is 1.87 bits per heavy atom. The van der Waals surface area contributed by atoms with Crippen molar-refractivity contribution in [3.8, 4) is 0 Å². The molecule has 3 rings (SSSR count). The highest BCUT2D eigenvalue weighted by Crippen LogP contribution is 2.43. The Kier molecular flexibility index (Phi) is 4.40. The molecule has 3 nitrogen and oxygen atoms in total. The van der Waals surface area contributed by atoms with Crippen LogP contribution in [0.1, 0.15) is 50.2 Å². The molecule has 2 aromatic carbocycles. The topological polar surface area (TPSA) is 57.5 Å². The van der Waals surface area contributed by atoms with E-state index in [4.69, 9.17) is 0 Å². The Morgan fingerprint density at radius 1 is 1.17 bits per heavy atom. The largest absolute Gasteiger partial charge is 0.481 e. The number of aliphatic carboxylic acids is 1. The highest BCUT2D eigenvalue weighted by atomic mass is 16.4. The molecule has 0 amide bonds. The first-order valence-corrected chi connectivity index (χ1v) is 8.49. The number of carbonyl (C=O) groups is 1. The van der Waals surface area contributed by atoms with E-state index in [1.807, 2.05) is 36.4 Å². The Balaban J connectivity index is 2.07. The standard InChI is InChI=1S/C20H24O3/c1-2-14-9-11-20(23,12-10-14)18-8-7-15-5-3-4-6-16(15)17(18)13-19(21)22/h3-8,14,23H,2,9-13H2,1H3,(H,21,22). The third-order valence-corrected chi connectivity index (χ3v) is 5.38. The number of carboxylic acid groups (broad SMARTS) is 1. The van der Waals surface area contributed by atoms with Crippen molar-refractivity contribution in [1.82, 2.24) is 0 Å². The summed E-state index contributed by atoms with van der Waals surface area (Å²) in [6, 6.07) is 11.8. The van der Waals surface area contributed by atoms with E-state index in [9.17, 15) is 15.0 Å². The summed E-state index contributed by atoms with van der Waals surface area (Å²) in [6.45, 7) is 2.20. The molecule has 0 radical (unpaired) electrons. The molecule has 0 saturated heterocycles. The highest BCUT2D eigenvalue weighted by Gasteiger charge is 2.36. The van der Waals surface area contributed by atoms with Gasteiger partial charge >= 0.3 is 5.97 Å². The molecule has 0 heterocycles. The van der Waals surface area contributed by atoms with E-state index >= 15 is 0 Å². The van der Waals surface area contributed by atoms with Gasteiger partial charge in [0.05, 0.1) is 12.0 Å². The number of aliphatic hydroxyl groups is 1. The molecule has 23 heavy (non-hydrogen) atoms. The average molecular weight is 312 g/mol. The van der Waals surface area contributed by atoms with E-state index in [0.717, 1.165) is 54.0 Å². The minimum atomic E-state index is -0.888. The van der Waals surface area contributed by atoms with Crippen LogP contribution in [0.25, 0.3) is 10.8 Å². The van der Waals surface area contributed by atoms with Gasteiger partial charge in [0, 0.05) is 0 Å². The van der Waals surface area contributed by atoms with E-state index in [1.165, 1.54) is 0 Å². The van der Waals surface area contributed by atoms with Crippen LogP contribution in [0.4, 0.5) is 0 Å². The maximum atomic E-state index is 11.4. The lowest BCUT2D eigenvalue weighted by Crippen LogP contribution is -2.32. The van der Waals surface area contributed by atoms with Gasteiger partial charge in [-0.15, -0.1) is 0 Å². The molecular formula is C20H24O3. The molecule has 0 unspecified atom stereocenters. The average Bonchev–Trinajstić information content (AvgIpc) is 2.55. The summed E-state index contributed by atoms with van der Waals surface area (Å²) in [7, 11) is 0. The first-order chi connectivity index (χ1) is 11.0. The summed E-state index contributed by atoms with van der Waals surface area (Å²) < 4.78 is 0. The minimum Gasteiger partial charge on any atom is -0.481 e. The maximum absolute atomic E-state index is 11.4. The van der Waals surface area contributed by atoms with Crippen molar-refractivity contribution in [2.24, 2.45) is 5.92 Å². The van der Waals surface area contributed by atoms with Gasteiger partial charge in [-0.3, -0.25) is 4.79 Å². The fourth-order valence-corrected chi connectivity index (χ4v) is 3.95. The molecule has 0 aliphatic heterocycles. The van der Waals surface area contributed by atoms with Gasteiger partial charge in [-0.05, 0) is 53.5 Å². The maximum Gasteiger partial charge on any atom is 0.307 e. The zero-order valence-corrected chi connectivity index (χ0v) is 13.6. The van der Waals surface area contributed by atoms with Crippen molar-refractivity contribution in [1.29, 1.82) is 0 Å². The van der Waals surface area contributed by atoms with E-state index < -0.39 is 11.6 Å². The van der Waals surface area contributed by atoms with Crippen LogP contribution in [-0.4, -0.2) is 16.2 Å². The van der Waals surface area contributed by atoms with Crippen LogP contribution in [0, 0.1) is 5.92 Å². The summed E-state index contributed by atoms with van der Waals surface area (Å²) in [4.78, 5) is 11.4. The zero-order chi connectivity index (χ0) is 16.4. The van der Waals surface area contributed by atoms with Crippen LogP contribution in [0.5, 0.6) is 0 Å². The lowest BCUT2D eigenvalue weighted by Gasteiger charge is -2.37. The van der Waals surface area contributed by atoms with Crippen LogP contribution < -0.4 is 0 Å². The Labute approximate surface area is 137 Å². The minimum absolute atomic E-state index is 0.0454. The van der Waals surface area contributed by atoms with Gasteiger partial charge in [0.25, 0.3) is 0 Å². The van der Waals surface area contributed by atoms with Crippen molar-refractivity contribution in [3.63, 3.8) is 0 Å². The number of fused-ring (bicyclic) bond motifs is 1. The second-order valence-electron chi connectivity index (χ2n) is 6.77. The second kappa shape index (κ2) is 6.32. The third kappa shape index (κ3) is 3.11. The smallest absolute Gasteiger partial charge is 0.307 e. The Morgan fingerprint density at radius 3 is 2.52 bits per heavy atom. The molecule has 2 N–H and O–H groups in total. The summed E-state index contributed by atoms with van der Waals surface area (Å²) in [5, 5.41) is 22.5. The number of hydrogen-bond acceptors (Lipinski definition) is 2. The molecule has 0 bridgehead atoms. The van der Waals surface area contributed by atoms with Gasteiger partial charge in [0.2, 0.25) is 0 Å². The molecule has 1 aliphatic rings. The van der Waals surface area contributed by atoms with Gasteiger partial charge in [0.1, 0.15) is 0 Å². The predicted octanol–water partition coefficient (Wildman–Crippen LogP) is 4.25. The van der Waals surface area contributed by atoms with E-state index in [0.29, 0.717) is 5.92 Å². The first kappa shape index (κ1) is 16.0. The molecule has 122 valence electrons. The van der Waals surface area contributed by atoms with Crippen LogP contribution in [0.2, 0.25) is 0 Å². The number of hydrogen-bond donors (Lipinski definition) is 2. The Bertz CT molecular complexity index is 712. The summed E-state index contributed by atoms with van der Waals surface area (Å²) in [5.74, 6) is -0.174. The van der Waals surface area contributed by atoms with E-state index in [-0.39, 0.29) is 6.42 Å². The van der Waals surface area contributed by atoms with Crippen LogP contribution in [0.3, 0.4) is 0 Å². The quantitative estimate of drug-likeness (QED) is 0.887. The predicted molar refractivity (Wildman–Crippen MR) is 91.4 cm³/mol. The molecule has 0 aromatic heterocycles. The molecule has 2 aromatic rings. The molecule has 1 aliphatic carbocycles. The van der Waals surface area contributed by atoms with E-state index in [1.54, 1.807) is 0 Å². The molecular weight excluding hydrogens is 288 g/mol. The second-order valence-corrected chi connectivity index (χ2v) is 6.77. The van der Waals surface area contributed by atoms with Gasteiger partial charge in [-0.1, -0.05) is 49.7 Å². The SMILES string of the molecule is CCC1CCC(O)(c2ccc3ccccc3c2CC(=O)O)CC1. The zero-order valence-electron chi connectivity index (χ0n) is 13.6. The fourth-order valence-electron chi connectivity index (χ4n) is 3.95. The third-order valence-electron chi connectivity index (χ3n) is 5.38. The monoisotopic (exact) mass is 312 g/mol. The number of rotatable bonds is 4. The molecule has 0 spiro atoms. The number of carboxylic acids is 1. The summed E-state index contributed by atoms with van der Waals surface area (Å²) in [5.41, 5.74) is 0.696. The highest BCUT2D eigenvalue weighted by molar-refractivity contribution is 5.90. The molecule has 3 heteroatoms. The van der Waals surface area contributed by atoms with Crippen molar-refractivity contribution < 1.29 is 15.0 Å². The lowest BCUT2D eigenvalue weighted by atomic mass is 9.72. The first-order valence-electron chi connectivity index (χ1n) is 8.49. The van der Waals surface area contributed by atoms with Gasteiger partial charge in [-0.2, -0.15) is 0 Å². The van der Waals surface area contributed by atoms with Crippen LogP contribution in [-0.2, 0) is 16.8 Å². The molecule has 1 fully saturated rings. The lowest BCUT2D eigenvalue weighted by molar-refractivity contribution is -0.136. The van der Waals surface area contributed by atoms with Gasteiger partial charge in [-0.25, -0.2) is 0 Å². The van der Waals surface area contributed by atoms with Crippen molar-refractivity contribution in [2.75, 3.05) is 0 Å². The van der Waals surface area contributed by atoms with Crippen LogP contribution >= 0.6 is 0 Å². The van der Waals surface area contributed by atoms with E-state index in [2.05, 4.69) is 6.92 Å². The summed E-state index contributed by atoms with van der Waals surface area (Å²) >= 11 is 0. The van der Waals surface area contributed by atoms with Gasteiger partial charge < -0.3 is 10.2 Å². The number of benzene rings is 2. The summed E-state index contributed by atoms with van der Waals surface area (Å²) in [6.07, 6.45) is 4.55. The van der Waals surface area contributed by atoms with Gasteiger partial charge in [0.15, 0.2) is 0 Å². The van der Waals surface area contributed by atoms with Crippen molar-refractivity contribution >= 4 is 16.7 Å². The Hall–Kier alpha value is -1.87. The van der Waals surface area contributed by atoms with Crippen molar-refractivity contribution in [2.45, 2.75) is 51.0 Å². The molecule has 0 atom stereocenters. The molecule has 1 saturated carbocycles. The fraction of sp³-hybridized carbons (Fsp3) is 0.450.